The van der Waals surface area contributed by atoms with Crippen LogP contribution in [-0.2, 0) is 9.53 Å². The molecule has 0 aromatic rings. The molecule has 0 spiro atoms. The Hall–Kier alpha value is -0.870. The van der Waals surface area contributed by atoms with Gasteiger partial charge in [0, 0.05) is 12.6 Å². The lowest BCUT2D eigenvalue weighted by atomic mass is 9.86. The summed E-state index contributed by atoms with van der Waals surface area (Å²) in [5.74, 6) is -0.818. The van der Waals surface area contributed by atoms with Crippen molar-refractivity contribution >= 4 is 5.97 Å². The quantitative estimate of drug-likeness (QED) is 0.502. The largest absolute Gasteiger partial charge is 0.481 e. The Morgan fingerprint density at radius 1 is 1.47 bits per heavy atom. The van der Waals surface area contributed by atoms with E-state index in [0.29, 0.717) is 19.3 Å². The monoisotopic (exact) mass is 241 g/mol. The second kappa shape index (κ2) is 8.25. The summed E-state index contributed by atoms with van der Waals surface area (Å²) in [6.45, 7) is 5.82. The predicted molar refractivity (Wildman–Crippen MR) is 67.0 cm³/mol. The van der Waals surface area contributed by atoms with E-state index in [0.717, 1.165) is 38.6 Å². The van der Waals surface area contributed by atoms with Crippen molar-refractivity contribution in [1.82, 2.24) is 5.32 Å². The molecule has 0 saturated heterocycles. The molecule has 1 saturated carbocycles. The van der Waals surface area contributed by atoms with Gasteiger partial charge in [-0.15, -0.1) is 6.58 Å². The summed E-state index contributed by atoms with van der Waals surface area (Å²) in [5, 5.41) is 12.3. The van der Waals surface area contributed by atoms with Crippen LogP contribution in [0.2, 0.25) is 0 Å². The van der Waals surface area contributed by atoms with E-state index >= 15 is 0 Å². The standard InChI is InChI=1S/C13H23NO3/c1-2-3-8-17-9-7-14-12-6-4-5-11(10-12)13(15)16/h2,11-12,14H,1,3-10H2,(H,15,16). The molecular formula is C13H23NO3. The highest BCUT2D eigenvalue weighted by molar-refractivity contribution is 5.70. The molecule has 2 atom stereocenters. The third-order valence-electron chi connectivity index (χ3n) is 3.17. The fraction of sp³-hybridized carbons (Fsp3) is 0.769. The van der Waals surface area contributed by atoms with Crippen molar-refractivity contribution in [2.24, 2.45) is 5.92 Å². The summed E-state index contributed by atoms with van der Waals surface area (Å²) < 4.78 is 5.39. The van der Waals surface area contributed by atoms with Gasteiger partial charge in [-0.2, -0.15) is 0 Å². The average molecular weight is 241 g/mol. The molecule has 1 aliphatic carbocycles. The molecule has 0 aromatic carbocycles. The second-order valence-corrected chi connectivity index (χ2v) is 4.54. The number of carboxylic acids is 1. The SMILES string of the molecule is C=CCCOCCNC1CCCC(C(=O)O)C1. The number of rotatable bonds is 8. The van der Waals surface area contributed by atoms with Gasteiger partial charge in [0.1, 0.15) is 0 Å². The molecule has 1 fully saturated rings. The molecule has 98 valence electrons. The minimum atomic E-state index is -0.654. The molecule has 2 N–H and O–H groups in total. The Bertz CT molecular complexity index is 243. The fourth-order valence-corrected chi connectivity index (χ4v) is 2.20. The Balaban J connectivity index is 2.06. The van der Waals surface area contributed by atoms with Crippen LogP contribution in [0.15, 0.2) is 12.7 Å². The second-order valence-electron chi connectivity index (χ2n) is 4.54. The molecule has 4 heteroatoms. The molecular weight excluding hydrogens is 218 g/mol. The first kappa shape index (κ1) is 14.2. The normalized spacial score (nSPS) is 24.5. The number of nitrogens with one attached hydrogen (secondary N) is 1. The minimum Gasteiger partial charge on any atom is -0.481 e. The Labute approximate surface area is 103 Å². The lowest BCUT2D eigenvalue weighted by Gasteiger charge is -2.27. The molecule has 4 nitrogen and oxygen atoms in total. The summed E-state index contributed by atoms with van der Waals surface area (Å²) in [7, 11) is 0. The topological polar surface area (TPSA) is 58.6 Å². The number of carboxylic acid groups (broad SMARTS) is 1. The molecule has 0 radical (unpaired) electrons. The van der Waals surface area contributed by atoms with Crippen LogP contribution in [0.1, 0.15) is 32.1 Å². The zero-order valence-corrected chi connectivity index (χ0v) is 10.4. The molecule has 2 unspecified atom stereocenters. The summed E-state index contributed by atoms with van der Waals surface area (Å²) >= 11 is 0. The van der Waals surface area contributed by atoms with Gasteiger partial charge in [0.05, 0.1) is 19.1 Å². The van der Waals surface area contributed by atoms with E-state index in [1.807, 2.05) is 6.08 Å². The van der Waals surface area contributed by atoms with E-state index in [4.69, 9.17) is 9.84 Å². The van der Waals surface area contributed by atoms with Crippen LogP contribution in [0, 0.1) is 5.92 Å². The summed E-state index contributed by atoms with van der Waals surface area (Å²) in [6.07, 6.45) is 6.38. The van der Waals surface area contributed by atoms with Gasteiger partial charge in [0.15, 0.2) is 0 Å². The van der Waals surface area contributed by atoms with Gasteiger partial charge in [-0.1, -0.05) is 12.5 Å². The van der Waals surface area contributed by atoms with Gasteiger partial charge in [0.2, 0.25) is 0 Å². The lowest BCUT2D eigenvalue weighted by molar-refractivity contribution is -0.143. The lowest BCUT2D eigenvalue weighted by Crippen LogP contribution is -2.38. The Morgan fingerprint density at radius 2 is 2.29 bits per heavy atom. The zero-order chi connectivity index (χ0) is 12.5. The molecule has 0 heterocycles. The summed E-state index contributed by atoms with van der Waals surface area (Å²) in [5.41, 5.74) is 0. The Kier molecular flexibility index (Phi) is 6.89. The van der Waals surface area contributed by atoms with Crippen LogP contribution in [0.5, 0.6) is 0 Å². The van der Waals surface area contributed by atoms with Crippen molar-refractivity contribution in [3.8, 4) is 0 Å². The van der Waals surface area contributed by atoms with Gasteiger partial charge in [-0.3, -0.25) is 4.79 Å². The molecule has 0 aromatic heterocycles. The molecule has 0 amide bonds. The maximum absolute atomic E-state index is 10.9. The highest BCUT2D eigenvalue weighted by Gasteiger charge is 2.26. The first-order valence-electron chi connectivity index (χ1n) is 6.39. The summed E-state index contributed by atoms with van der Waals surface area (Å²) in [4.78, 5) is 10.9. The van der Waals surface area contributed by atoms with Gasteiger partial charge < -0.3 is 15.2 Å². The summed E-state index contributed by atoms with van der Waals surface area (Å²) in [6, 6.07) is 0.341. The highest BCUT2D eigenvalue weighted by atomic mass is 16.5. The van der Waals surface area contributed by atoms with Crippen LogP contribution < -0.4 is 5.32 Å². The van der Waals surface area contributed by atoms with Crippen molar-refractivity contribution in [3.05, 3.63) is 12.7 Å². The van der Waals surface area contributed by atoms with Crippen LogP contribution >= 0.6 is 0 Å². The van der Waals surface area contributed by atoms with E-state index in [1.54, 1.807) is 0 Å². The van der Waals surface area contributed by atoms with Crippen molar-refractivity contribution in [1.29, 1.82) is 0 Å². The highest BCUT2D eigenvalue weighted by Crippen LogP contribution is 2.24. The predicted octanol–water partition coefficient (Wildman–Crippen LogP) is 1.81. The van der Waals surface area contributed by atoms with E-state index in [1.165, 1.54) is 0 Å². The van der Waals surface area contributed by atoms with Gasteiger partial charge in [-0.05, 0) is 25.7 Å². The van der Waals surface area contributed by atoms with Gasteiger partial charge in [-0.25, -0.2) is 0 Å². The number of ether oxygens (including phenoxy) is 1. The fourth-order valence-electron chi connectivity index (χ4n) is 2.20. The maximum Gasteiger partial charge on any atom is 0.306 e. The zero-order valence-electron chi connectivity index (χ0n) is 10.4. The van der Waals surface area contributed by atoms with E-state index in [2.05, 4.69) is 11.9 Å². The van der Waals surface area contributed by atoms with Gasteiger partial charge >= 0.3 is 5.97 Å². The van der Waals surface area contributed by atoms with E-state index < -0.39 is 5.97 Å². The molecule has 0 aliphatic heterocycles. The number of hydrogen-bond donors (Lipinski definition) is 2. The number of carbonyl (C=O) groups is 1. The van der Waals surface area contributed by atoms with Crippen molar-refractivity contribution in [3.63, 3.8) is 0 Å². The first-order valence-corrected chi connectivity index (χ1v) is 6.39. The molecule has 0 bridgehead atoms. The smallest absolute Gasteiger partial charge is 0.306 e. The van der Waals surface area contributed by atoms with Crippen LogP contribution in [-0.4, -0.2) is 36.9 Å². The average Bonchev–Trinajstić information content (AvgIpc) is 2.34. The van der Waals surface area contributed by atoms with E-state index in [9.17, 15) is 4.79 Å². The Morgan fingerprint density at radius 3 is 3.00 bits per heavy atom. The van der Waals surface area contributed by atoms with Crippen molar-refractivity contribution in [2.45, 2.75) is 38.1 Å². The van der Waals surface area contributed by atoms with Crippen LogP contribution in [0.4, 0.5) is 0 Å². The van der Waals surface area contributed by atoms with Crippen molar-refractivity contribution < 1.29 is 14.6 Å². The number of hydrogen-bond acceptors (Lipinski definition) is 3. The van der Waals surface area contributed by atoms with Crippen LogP contribution in [0.25, 0.3) is 0 Å². The first-order chi connectivity index (χ1) is 8.24. The molecule has 17 heavy (non-hydrogen) atoms. The third kappa shape index (κ3) is 5.84. The maximum atomic E-state index is 10.9. The molecule has 1 rings (SSSR count). The van der Waals surface area contributed by atoms with E-state index in [-0.39, 0.29) is 5.92 Å². The molecule has 1 aliphatic rings. The van der Waals surface area contributed by atoms with Gasteiger partial charge in [0.25, 0.3) is 0 Å². The minimum absolute atomic E-state index is 0.164. The third-order valence-corrected chi connectivity index (χ3v) is 3.17. The van der Waals surface area contributed by atoms with Crippen LogP contribution in [0.3, 0.4) is 0 Å². The van der Waals surface area contributed by atoms with Crippen molar-refractivity contribution in [2.75, 3.05) is 19.8 Å². The number of aliphatic carboxylic acids is 1.